The van der Waals surface area contributed by atoms with Gasteiger partial charge in [0, 0.05) is 108 Å². The molecule has 1 radical (unpaired) electrons. The monoisotopic (exact) mass is 1610 g/mol. The molecule has 1 saturated carbocycles. The van der Waals surface area contributed by atoms with Crippen molar-refractivity contribution < 1.29 is 103 Å². The van der Waals surface area contributed by atoms with Crippen LogP contribution in [-0.4, -0.2) is 263 Å². The van der Waals surface area contributed by atoms with Crippen LogP contribution in [0.3, 0.4) is 0 Å². The fraction of sp³-hybridized carbons (Fsp3) is 0.613. The number of pyridine rings is 1. The van der Waals surface area contributed by atoms with Crippen LogP contribution in [0.15, 0.2) is 79.1 Å². The SMILES string of the molecule is Cc1ccccc1NC(=O)Nc1ccc(CC(=O)N[C@@H](CCCCNC(=O)/C=C/c2cccnc2)C(=O)N[C@@H](CCCC(=O)O)C(=O)NC2(C(=O)NCCOCCOCCOCCOCCC(=O)N[C@H](CCCCNC(=O)CN3CCCN4CCN(CCCN(CP(=O)([O-])[O-])CC4)CC3)C(N)=O)CCCCC2)cc1.[64Cu+2]. The molecule has 10 amide bonds. The molecule has 1 aliphatic carbocycles. The van der Waals surface area contributed by atoms with E-state index in [1.807, 2.05) is 25.1 Å². The van der Waals surface area contributed by atoms with E-state index >= 15 is 0 Å². The summed E-state index contributed by atoms with van der Waals surface area (Å²) in [6.07, 6.45) is 11.8. The second-order valence-corrected chi connectivity index (χ2v) is 29.1. The van der Waals surface area contributed by atoms with Gasteiger partial charge in [0.05, 0.1) is 65.8 Å². The Bertz CT molecular complexity index is 3390. The minimum Gasteiger partial charge on any atom is -0.810 e. The molecule has 3 heterocycles. The maximum atomic E-state index is 14.4. The maximum Gasteiger partial charge on any atom is 2.00 e. The number of aryl methyl sites for hydroxylation is 1. The number of primary amides is 1. The van der Waals surface area contributed by atoms with E-state index in [-0.39, 0.29) is 140 Å². The van der Waals surface area contributed by atoms with Crippen LogP contribution >= 0.6 is 7.60 Å². The van der Waals surface area contributed by atoms with E-state index in [4.69, 9.17) is 24.7 Å². The van der Waals surface area contributed by atoms with Gasteiger partial charge in [-0.05, 0) is 157 Å². The first-order chi connectivity index (χ1) is 52.5. The van der Waals surface area contributed by atoms with Crippen LogP contribution in [0, 0.1) is 6.92 Å². The number of fused-ring (bicyclic) bond motifs is 3. The third kappa shape index (κ3) is 38.9. The number of aromatic nitrogens is 1. The Morgan fingerprint density at radius 1 is 0.591 bits per heavy atom. The first-order valence-electron chi connectivity index (χ1n) is 38.1. The van der Waals surface area contributed by atoms with E-state index in [0.717, 1.165) is 69.7 Å². The van der Waals surface area contributed by atoms with Gasteiger partial charge < -0.3 is 102 Å². The summed E-state index contributed by atoms with van der Waals surface area (Å²) in [5.41, 5.74) is 7.58. The number of carboxylic acids is 1. The van der Waals surface area contributed by atoms with Crippen LogP contribution in [0.4, 0.5) is 16.2 Å². The van der Waals surface area contributed by atoms with Crippen LogP contribution in [-0.2, 0) is 90.2 Å². The molecule has 33 nitrogen and oxygen atoms in total. The van der Waals surface area contributed by atoms with Gasteiger partial charge in [0.2, 0.25) is 47.3 Å². The number of benzene rings is 2. The number of anilines is 2. The minimum atomic E-state index is -4.65. The Labute approximate surface area is 655 Å². The number of nitrogens with two attached hydrogens (primary N) is 1. The van der Waals surface area contributed by atoms with Gasteiger partial charge in [0.1, 0.15) is 23.7 Å². The van der Waals surface area contributed by atoms with Gasteiger partial charge in [-0.1, -0.05) is 63.3 Å². The molecule has 2 unspecified atom stereocenters. The molecule has 0 spiro atoms. The van der Waals surface area contributed by atoms with E-state index in [1.54, 1.807) is 65.8 Å². The first-order valence-corrected chi connectivity index (χ1v) is 39.8. The summed E-state index contributed by atoms with van der Waals surface area (Å²) in [6, 6.07) is 13.7. The van der Waals surface area contributed by atoms with Gasteiger partial charge >= 0.3 is 29.1 Å². The molecule has 5 atom stereocenters. The van der Waals surface area contributed by atoms with Gasteiger partial charge in [0.15, 0.2) is 0 Å². The van der Waals surface area contributed by atoms with Crippen molar-refractivity contribution in [2.24, 2.45) is 5.73 Å². The largest absolute Gasteiger partial charge is 2.00 e. The number of ether oxygens (including phenoxy) is 4. The Balaban J connectivity index is 0.0000217. The predicted molar refractivity (Wildman–Crippen MR) is 405 cm³/mol. The number of hydrogen-bond donors (Lipinski definition) is 11. The van der Waals surface area contributed by atoms with E-state index < -0.39 is 85.0 Å². The molecule has 2 aliphatic heterocycles. The van der Waals surface area contributed by atoms with Gasteiger partial charge in [0.25, 0.3) is 0 Å². The Morgan fingerprint density at radius 2 is 1.18 bits per heavy atom. The normalized spacial score (nSPS) is 17.2. The van der Waals surface area contributed by atoms with Crippen molar-refractivity contribution in [2.45, 2.75) is 146 Å². The molecule has 3 aliphatic rings. The maximum absolute atomic E-state index is 14.4. The molecule has 12 N–H and O–H groups in total. The van der Waals surface area contributed by atoms with Crippen molar-refractivity contribution in [3.63, 3.8) is 0 Å². The third-order valence-corrected chi connectivity index (χ3v) is 19.6. The standard InChI is InChI=1S/C75H116N15O18P.Cu/c1-57-15-3-4-17-61(57)85-74(101)81-60-25-22-58(23-26-60)53-67(93)83-63(19-6-10-32-78-65(91)27-24-59-16-12-31-77-54-59)71(98)84-64(20-11-21-69(95)96)72(99)86-75(29-7-2-8-30-75)73(100)80-34-46-106-48-50-108-52-51-107-49-47-105-45-28-66(92)82-62(70(76)97)18-5-9-33-79-68(94)55-89-37-13-35-88-40-39-87(41-43-89)36-14-38-90(44-42-88)56-109(102,103)104;/h3-4,12,15-17,22-27,31,54,62-64H,2,5-11,13-14,18-21,28-30,32-53,55-56H2,1H3,(H2,76,97)(H,78,91)(H,79,94)(H,80,100)(H,82,92)(H,83,93)(H,84,98)(H,86,99)(H,95,96)(H2,81,85,101)(H2,102,103,104);/q;+2/p-2/b27-24+;/t62-,63+,64+;/m1./s1/i;1+0. The van der Waals surface area contributed by atoms with E-state index in [9.17, 15) is 67.4 Å². The van der Waals surface area contributed by atoms with Crippen LogP contribution in [0.5, 0.6) is 0 Å². The first kappa shape index (κ1) is 92.8. The number of unbranched alkanes of at least 4 members (excludes halogenated alkanes) is 2. The van der Waals surface area contributed by atoms with Crippen LogP contribution in [0.2, 0.25) is 0 Å². The van der Waals surface area contributed by atoms with Crippen molar-refractivity contribution >= 4 is 84.3 Å². The van der Waals surface area contributed by atoms with Gasteiger partial charge in [-0.2, -0.15) is 0 Å². The summed E-state index contributed by atoms with van der Waals surface area (Å²) in [7, 11) is -4.65. The zero-order valence-corrected chi connectivity index (χ0v) is 65.1. The summed E-state index contributed by atoms with van der Waals surface area (Å²) in [5, 5.41) is 35.0. The van der Waals surface area contributed by atoms with Crippen molar-refractivity contribution in [1.29, 1.82) is 0 Å². The van der Waals surface area contributed by atoms with Gasteiger partial charge in [-0.25, -0.2) is 4.79 Å². The number of urea groups is 1. The summed E-state index contributed by atoms with van der Waals surface area (Å²) in [6.45, 7) is 11.6. The summed E-state index contributed by atoms with van der Waals surface area (Å²) < 4.78 is 33.9. The Hall–Kier alpha value is -7.82. The summed E-state index contributed by atoms with van der Waals surface area (Å²) in [4.78, 5) is 167. The number of nitrogens with zero attached hydrogens (tertiary/aromatic N) is 5. The van der Waals surface area contributed by atoms with Crippen molar-refractivity contribution in [3.05, 3.63) is 95.8 Å². The minimum absolute atomic E-state index is 0. The number of carbonyl (C=O) groups excluding carboxylic acids is 9. The zero-order valence-electron chi connectivity index (χ0n) is 63.3. The fourth-order valence-electron chi connectivity index (χ4n) is 12.8. The van der Waals surface area contributed by atoms with Gasteiger partial charge in [-0.3, -0.25) is 57.9 Å². The van der Waals surface area contributed by atoms with Gasteiger partial charge in [-0.15, -0.1) is 0 Å². The third-order valence-electron chi connectivity index (χ3n) is 18.8. The fourth-order valence-corrected chi connectivity index (χ4v) is 13.6. The number of carboxylic acid groups (broad SMARTS) is 1. The number of aliphatic carboxylic acids is 1. The smallest absolute Gasteiger partial charge is 0.810 e. The predicted octanol–water partition coefficient (Wildman–Crippen LogP) is 1.33. The van der Waals surface area contributed by atoms with E-state index in [1.165, 1.54) is 6.08 Å². The molecular formula is C75H114CuN15O18P. The van der Waals surface area contributed by atoms with Crippen molar-refractivity contribution in [2.75, 3.05) is 161 Å². The zero-order chi connectivity index (χ0) is 78.5. The average Bonchev–Trinajstić information content (AvgIpc) is 0.805. The molecule has 6 rings (SSSR count). The molecule has 1 aromatic heterocycles. The summed E-state index contributed by atoms with van der Waals surface area (Å²) >= 11 is 0. The number of carbonyl (C=O) groups is 10. The van der Waals surface area contributed by atoms with Crippen LogP contribution in [0.1, 0.15) is 126 Å². The molecule has 35 heteroatoms. The molecule has 2 bridgehead atoms. The Morgan fingerprint density at radius 3 is 1.82 bits per heavy atom. The number of amides is 10. The summed E-state index contributed by atoms with van der Waals surface area (Å²) in [5.74, 6) is -4.97. The number of para-hydroxylation sites is 1. The van der Waals surface area contributed by atoms with Crippen LogP contribution < -0.4 is 63.4 Å². The van der Waals surface area contributed by atoms with E-state index in [2.05, 4.69) is 67.5 Å². The number of hydrogen-bond acceptors (Lipinski definition) is 22. The average molecular weight is 1610 g/mol. The van der Waals surface area contributed by atoms with Crippen LogP contribution in [0.25, 0.3) is 6.08 Å². The molecule has 3 fully saturated rings. The second kappa shape index (κ2) is 52.4. The number of rotatable bonds is 47. The quantitative estimate of drug-likeness (QED) is 0.0164. The molecule has 2 aromatic carbocycles. The van der Waals surface area contributed by atoms with Crippen molar-refractivity contribution in [1.82, 2.24) is 61.8 Å². The molecule has 3 aromatic rings. The van der Waals surface area contributed by atoms with Crippen molar-refractivity contribution in [3.8, 4) is 0 Å². The molecular weight excluding hydrogens is 1490 g/mol. The Kier molecular flexibility index (Phi) is 44.2. The second-order valence-electron chi connectivity index (χ2n) is 27.6. The number of nitrogens with one attached hydrogen (secondary N) is 9. The molecule has 2 saturated heterocycles. The molecule has 110 heavy (non-hydrogen) atoms. The van der Waals surface area contributed by atoms with E-state index in [0.29, 0.717) is 107 Å². The molecule has 613 valence electrons. The topological polar surface area (TPSA) is 451 Å².